The topological polar surface area (TPSA) is 6.48 Å². The van der Waals surface area contributed by atoms with Crippen molar-refractivity contribution >= 4 is 0 Å². The molecule has 0 N–H and O–H groups in total. The maximum atomic E-state index is 2.44. The van der Waals surface area contributed by atoms with Crippen LogP contribution in [0.25, 0.3) is 0 Å². The van der Waals surface area contributed by atoms with Crippen molar-refractivity contribution in [2.24, 2.45) is 0 Å². The number of hydrogen-bond donors (Lipinski definition) is 0. The lowest BCUT2D eigenvalue weighted by molar-refractivity contribution is 0.0182. The summed E-state index contributed by atoms with van der Waals surface area (Å²) in [5.41, 5.74) is 1.40. The fourth-order valence-electron chi connectivity index (χ4n) is 2.03. The van der Waals surface area contributed by atoms with Crippen molar-refractivity contribution in [2.75, 3.05) is 13.6 Å². The van der Waals surface area contributed by atoms with Gasteiger partial charge in [0.05, 0.1) is 0 Å². The summed E-state index contributed by atoms with van der Waals surface area (Å²) in [6, 6.07) is 11.4. The Bertz CT molecular complexity index is 274. The SMILES string of the molecule is CC1CCN(C)N1Cc1ccccc1. The highest BCUT2D eigenvalue weighted by Crippen LogP contribution is 2.18. The van der Waals surface area contributed by atoms with Crippen molar-refractivity contribution < 1.29 is 0 Å². The first-order valence-electron chi connectivity index (χ1n) is 5.29. The van der Waals surface area contributed by atoms with Gasteiger partial charge in [-0.1, -0.05) is 30.3 Å². The molecule has 0 radical (unpaired) electrons. The second kappa shape index (κ2) is 4.11. The zero-order valence-corrected chi connectivity index (χ0v) is 8.98. The Hall–Kier alpha value is -0.860. The molecule has 1 aliphatic rings. The maximum Gasteiger partial charge on any atom is 0.0387 e. The van der Waals surface area contributed by atoms with E-state index in [1.807, 2.05) is 0 Å². The Morgan fingerprint density at radius 2 is 2.00 bits per heavy atom. The van der Waals surface area contributed by atoms with Crippen LogP contribution in [0.3, 0.4) is 0 Å². The molecule has 2 rings (SSSR count). The van der Waals surface area contributed by atoms with Gasteiger partial charge in [-0.25, -0.2) is 10.0 Å². The van der Waals surface area contributed by atoms with E-state index < -0.39 is 0 Å². The molecule has 1 atom stereocenters. The third kappa shape index (κ3) is 1.97. The van der Waals surface area contributed by atoms with E-state index in [0.717, 1.165) is 6.54 Å². The molecule has 0 amide bonds. The molecule has 1 saturated heterocycles. The first-order valence-corrected chi connectivity index (χ1v) is 5.29. The molecule has 1 aromatic carbocycles. The fourth-order valence-corrected chi connectivity index (χ4v) is 2.03. The van der Waals surface area contributed by atoms with Gasteiger partial charge in [0.2, 0.25) is 0 Å². The van der Waals surface area contributed by atoms with Gasteiger partial charge in [0, 0.05) is 26.2 Å². The molecule has 76 valence electrons. The van der Waals surface area contributed by atoms with Gasteiger partial charge in [0.15, 0.2) is 0 Å². The highest BCUT2D eigenvalue weighted by atomic mass is 15.6. The largest absolute Gasteiger partial charge is 0.244 e. The number of hydrogen-bond acceptors (Lipinski definition) is 2. The van der Waals surface area contributed by atoms with Crippen LogP contribution in [0.15, 0.2) is 30.3 Å². The van der Waals surface area contributed by atoms with Gasteiger partial charge in [-0.15, -0.1) is 0 Å². The lowest BCUT2D eigenvalue weighted by Crippen LogP contribution is -2.36. The number of benzene rings is 1. The molecule has 0 bridgehead atoms. The van der Waals surface area contributed by atoms with Crippen LogP contribution >= 0.6 is 0 Å². The van der Waals surface area contributed by atoms with Gasteiger partial charge in [-0.3, -0.25) is 0 Å². The molecule has 0 spiro atoms. The van der Waals surface area contributed by atoms with Crippen molar-refractivity contribution in [1.29, 1.82) is 0 Å². The number of nitrogens with zero attached hydrogens (tertiary/aromatic N) is 2. The van der Waals surface area contributed by atoms with Crippen LogP contribution in [0, 0.1) is 0 Å². The standard InChI is InChI=1S/C12H18N2/c1-11-8-9-13(2)14(11)10-12-6-4-3-5-7-12/h3-7,11H,8-10H2,1-2H3. The predicted molar refractivity (Wildman–Crippen MR) is 58.7 cm³/mol. The molecule has 1 aromatic rings. The van der Waals surface area contributed by atoms with Gasteiger partial charge >= 0.3 is 0 Å². The lowest BCUT2D eigenvalue weighted by atomic mass is 10.2. The molecular formula is C12H18N2. The van der Waals surface area contributed by atoms with Gasteiger partial charge < -0.3 is 0 Å². The zero-order valence-electron chi connectivity index (χ0n) is 8.98. The van der Waals surface area contributed by atoms with E-state index in [2.05, 4.69) is 54.3 Å². The van der Waals surface area contributed by atoms with E-state index in [-0.39, 0.29) is 0 Å². The third-order valence-electron chi connectivity index (χ3n) is 3.01. The van der Waals surface area contributed by atoms with Gasteiger partial charge in [-0.2, -0.15) is 0 Å². The summed E-state index contributed by atoms with van der Waals surface area (Å²) in [6.45, 7) is 4.53. The molecular weight excluding hydrogens is 172 g/mol. The molecule has 0 aromatic heterocycles. The zero-order chi connectivity index (χ0) is 9.97. The summed E-state index contributed by atoms with van der Waals surface area (Å²) in [5.74, 6) is 0. The van der Waals surface area contributed by atoms with E-state index in [0.29, 0.717) is 6.04 Å². The van der Waals surface area contributed by atoms with Crippen LogP contribution in [-0.2, 0) is 6.54 Å². The smallest absolute Gasteiger partial charge is 0.0387 e. The monoisotopic (exact) mass is 190 g/mol. The molecule has 1 fully saturated rings. The second-order valence-electron chi connectivity index (χ2n) is 4.10. The van der Waals surface area contributed by atoms with E-state index in [1.165, 1.54) is 18.5 Å². The number of hydrazine groups is 1. The molecule has 1 heterocycles. The van der Waals surface area contributed by atoms with Crippen LogP contribution in [0.1, 0.15) is 18.9 Å². The van der Waals surface area contributed by atoms with Crippen LogP contribution in [-0.4, -0.2) is 29.7 Å². The Labute approximate surface area is 86.1 Å². The maximum absolute atomic E-state index is 2.44. The van der Waals surface area contributed by atoms with Crippen molar-refractivity contribution in [3.05, 3.63) is 35.9 Å². The first kappa shape index (κ1) is 9.69. The van der Waals surface area contributed by atoms with E-state index >= 15 is 0 Å². The predicted octanol–water partition coefficient (Wildman–Crippen LogP) is 2.13. The highest BCUT2D eigenvalue weighted by molar-refractivity contribution is 5.14. The van der Waals surface area contributed by atoms with E-state index in [9.17, 15) is 0 Å². The minimum atomic E-state index is 0.681. The third-order valence-corrected chi connectivity index (χ3v) is 3.01. The van der Waals surface area contributed by atoms with Crippen molar-refractivity contribution in [3.63, 3.8) is 0 Å². The summed E-state index contributed by atoms with van der Waals surface area (Å²) in [5, 5.41) is 4.77. The first-order chi connectivity index (χ1) is 6.77. The lowest BCUT2D eigenvalue weighted by Gasteiger charge is -2.27. The molecule has 2 nitrogen and oxygen atoms in total. The van der Waals surface area contributed by atoms with Crippen molar-refractivity contribution in [1.82, 2.24) is 10.0 Å². The Kier molecular flexibility index (Phi) is 2.85. The van der Waals surface area contributed by atoms with E-state index in [1.54, 1.807) is 0 Å². The van der Waals surface area contributed by atoms with Crippen LogP contribution in [0.2, 0.25) is 0 Å². The summed E-state index contributed by atoms with van der Waals surface area (Å²) in [7, 11) is 2.17. The minimum Gasteiger partial charge on any atom is -0.244 e. The molecule has 1 aliphatic heterocycles. The Balaban J connectivity index is 2.04. The Morgan fingerprint density at radius 1 is 1.29 bits per heavy atom. The quantitative estimate of drug-likeness (QED) is 0.705. The Morgan fingerprint density at radius 3 is 2.57 bits per heavy atom. The van der Waals surface area contributed by atoms with Crippen LogP contribution in [0.4, 0.5) is 0 Å². The normalized spacial score (nSPS) is 24.3. The minimum absolute atomic E-state index is 0.681. The van der Waals surface area contributed by atoms with Crippen LogP contribution < -0.4 is 0 Å². The summed E-state index contributed by atoms with van der Waals surface area (Å²) in [4.78, 5) is 0. The van der Waals surface area contributed by atoms with E-state index in [4.69, 9.17) is 0 Å². The average Bonchev–Trinajstić information content (AvgIpc) is 2.51. The van der Waals surface area contributed by atoms with Gasteiger partial charge in [0.25, 0.3) is 0 Å². The molecule has 2 heteroatoms. The highest BCUT2D eigenvalue weighted by Gasteiger charge is 2.24. The molecule has 1 unspecified atom stereocenters. The van der Waals surface area contributed by atoms with Crippen molar-refractivity contribution in [3.8, 4) is 0 Å². The summed E-state index contributed by atoms with van der Waals surface area (Å²) >= 11 is 0. The van der Waals surface area contributed by atoms with Gasteiger partial charge in [0.1, 0.15) is 0 Å². The summed E-state index contributed by atoms with van der Waals surface area (Å²) < 4.78 is 0. The molecule has 0 saturated carbocycles. The molecule has 14 heavy (non-hydrogen) atoms. The second-order valence-corrected chi connectivity index (χ2v) is 4.10. The van der Waals surface area contributed by atoms with Crippen molar-refractivity contribution in [2.45, 2.75) is 25.9 Å². The van der Waals surface area contributed by atoms with Crippen LogP contribution in [0.5, 0.6) is 0 Å². The average molecular weight is 190 g/mol. The molecule has 0 aliphatic carbocycles. The number of rotatable bonds is 2. The fraction of sp³-hybridized carbons (Fsp3) is 0.500. The van der Waals surface area contributed by atoms with Gasteiger partial charge in [-0.05, 0) is 18.9 Å². The summed E-state index contributed by atoms with van der Waals surface area (Å²) in [6.07, 6.45) is 1.28.